The first kappa shape index (κ1) is 15.1. The van der Waals surface area contributed by atoms with Gasteiger partial charge in [-0.05, 0) is 55.2 Å². The third-order valence-corrected chi connectivity index (χ3v) is 3.86. The van der Waals surface area contributed by atoms with Gasteiger partial charge < -0.3 is 10.6 Å². The Morgan fingerprint density at radius 2 is 1.81 bits per heavy atom. The van der Waals surface area contributed by atoms with E-state index in [1.54, 1.807) is 7.05 Å². The molecule has 0 unspecified atom stereocenters. The van der Waals surface area contributed by atoms with E-state index in [-0.39, 0.29) is 5.91 Å². The quantitative estimate of drug-likeness (QED) is 0.900. The van der Waals surface area contributed by atoms with Crippen LogP contribution in [-0.2, 0) is 6.54 Å². The Hall–Kier alpha value is -2.29. The Morgan fingerprint density at radius 3 is 2.48 bits per heavy atom. The van der Waals surface area contributed by atoms with Gasteiger partial charge in [-0.3, -0.25) is 4.79 Å². The van der Waals surface area contributed by atoms with Crippen LogP contribution in [0.15, 0.2) is 36.4 Å². The molecule has 110 valence electrons. The van der Waals surface area contributed by atoms with Crippen molar-refractivity contribution in [3.8, 4) is 0 Å². The third kappa shape index (κ3) is 3.43. The number of carbonyl (C=O) groups excluding carboxylic acids is 1. The van der Waals surface area contributed by atoms with Crippen molar-refractivity contribution < 1.29 is 4.79 Å². The Morgan fingerprint density at radius 1 is 1.05 bits per heavy atom. The third-order valence-electron chi connectivity index (χ3n) is 3.86. The molecule has 3 heteroatoms. The Bertz CT molecular complexity index is 662. The van der Waals surface area contributed by atoms with E-state index in [4.69, 9.17) is 0 Å². The predicted octanol–water partition coefficient (Wildman–Crippen LogP) is 3.58. The molecular weight excluding hydrogens is 260 g/mol. The highest BCUT2D eigenvalue weighted by Crippen LogP contribution is 2.20. The fourth-order valence-corrected chi connectivity index (χ4v) is 2.32. The van der Waals surface area contributed by atoms with Crippen LogP contribution in [0.3, 0.4) is 0 Å². The molecule has 0 bridgehead atoms. The van der Waals surface area contributed by atoms with Crippen molar-refractivity contribution in [1.82, 2.24) is 5.32 Å². The Kier molecular flexibility index (Phi) is 4.63. The number of carbonyl (C=O) groups is 1. The highest BCUT2D eigenvalue weighted by Gasteiger charge is 2.09. The van der Waals surface area contributed by atoms with E-state index in [1.165, 1.54) is 16.7 Å². The fraction of sp³-hybridized carbons (Fsp3) is 0.278. The summed E-state index contributed by atoms with van der Waals surface area (Å²) < 4.78 is 0. The number of aryl methyl sites for hydroxylation is 2. The lowest BCUT2D eigenvalue weighted by Gasteiger charge is -2.13. The average molecular weight is 282 g/mol. The molecule has 0 radical (unpaired) electrons. The van der Waals surface area contributed by atoms with E-state index >= 15 is 0 Å². The maximum Gasteiger partial charge on any atom is 0.251 e. The zero-order valence-electron chi connectivity index (χ0n) is 13.1. The lowest BCUT2D eigenvalue weighted by molar-refractivity contribution is 0.0962. The van der Waals surface area contributed by atoms with Crippen molar-refractivity contribution >= 4 is 11.6 Å². The van der Waals surface area contributed by atoms with Crippen molar-refractivity contribution in [1.29, 1.82) is 0 Å². The molecule has 0 atom stereocenters. The number of nitrogens with one attached hydrogen (secondary N) is 2. The second-order valence-corrected chi connectivity index (χ2v) is 5.33. The van der Waals surface area contributed by atoms with Crippen molar-refractivity contribution in [3.05, 3.63) is 64.2 Å². The summed E-state index contributed by atoms with van der Waals surface area (Å²) in [4.78, 5) is 11.8. The van der Waals surface area contributed by atoms with Crippen molar-refractivity contribution in [3.63, 3.8) is 0 Å². The zero-order chi connectivity index (χ0) is 15.4. The number of benzene rings is 2. The number of rotatable bonds is 4. The first-order valence-electron chi connectivity index (χ1n) is 7.14. The first-order valence-corrected chi connectivity index (χ1v) is 7.14. The van der Waals surface area contributed by atoms with E-state index in [0.29, 0.717) is 5.56 Å². The van der Waals surface area contributed by atoms with E-state index in [9.17, 15) is 4.79 Å². The lowest BCUT2D eigenvalue weighted by Crippen LogP contribution is -2.19. The van der Waals surface area contributed by atoms with E-state index in [2.05, 4.69) is 42.7 Å². The second kappa shape index (κ2) is 6.44. The van der Waals surface area contributed by atoms with Crippen molar-refractivity contribution in [2.24, 2.45) is 0 Å². The number of hydrogen-bond acceptors (Lipinski definition) is 2. The van der Waals surface area contributed by atoms with Crippen LogP contribution in [-0.4, -0.2) is 13.0 Å². The molecule has 0 fully saturated rings. The Balaban J connectivity index is 2.16. The molecule has 0 heterocycles. The SMILES string of the molecule is CNC(=O)c1cccc(NCc2ccc(C)c(C)c2)c1C. The van der Waals surface area contributed by atoms with Crippen molar-refractivity contribution in [2.75, 3.05) is 12.4 Å². The largest absolute Gasteiger partial charge is 0.381 e. The summed E-state index contributed by atoms with van der Waals surface area (Å²) in [5.74, 6) is -0.0534. The molecule has 0 aliphatic carbocycles. The minimum Gasteiger partial charge on any atom is -0.381 e. The van der Waals surface area contributed by atoms with Crippen LogP contribution in [0.4, 0.5) is 5.69 Å². The van der Waals surface area contributed by atoms with Gasteiger partial charge in [-0.1, -0.05) is 24.3 Å². The summed E-state index contributed by atoms with van der Waals surface area (Å²) in [7, 11) is 1.65. The van der Waals surface area contributed by atoms with Gasteiger partial charge in [0.15, 0.2) is 0 Å². The van der Waals surface area contributed by atoms with E-state index < -0.39 is 0 Å². The van der Waals surface area contributed by atoms with E-state index in [1.807, 2.05) is 25.1 Å². The van der Waals surface area contributed by atoms with Gasteiger partial charge in [-0.2, -0.15) is 0 Å². The van der Waals surface area contributed by atoms with Crippen LogP contribution in [0, 0.1) is 20.8 Å². The highest BCUT2D eigenvalue weighted by atomic mass is 16.1. The van der Waals surface area contributed by atoms with Gasteiger partial charge in [-0.25, -0.2) is 0 Å². The molecule has 0 saturated heterocycles. The topological polar surface area (TPSA) is 41.1 Å². The molecule has 2 aromatic rings. The van der Waals surface area contributed by atoms with Gasteiger partial charge in [0.25, 0.3) is 5.91 Å². The molecule has 1 amide bonds. The maximum absolute atomic E-state index is 11.8. The monoisotopic (exact) mass is 282 g/mol. The summed E-state index contributed by atoms with van der Waals surface area (Å²) in [5, 5.41) is 6.09. The van der Waals surface area contributed by atoms with Gasteiger partial charge in [-0.15, -0.1) is 0 Å². The number of anilines is 1. The molecule has 2 aromatic carbocycles. The van der Waals surface area contributed by atoms with Gasteiger partial charge in [0.1, 0.15) is 0 Å². The smallest absolute Gasteiger partial charge is 0.251 e. The molecule has 0 saturated carbocycles. The van der Waals surface area contributed by atoms with E-state index in [0.717, 1.165) is 17.8 Å². The summed E-state index contributed by atoms with van der Waals surface area (Å²) in [6.07, 6.45) is 0. The zero-order valence-corrected chi connectivity index (χ0v) is 13.1. The molecule has 0 spiro atoms. The molecular formula is C18H22N2O. The summed E-state index contributed by atoms with van der Waals surface area (Å²) >= 11 is 0. The van der Waals surface area contributed by atoms with Gasteiger partial charge >= 0.3 is 0 Å². The molecule has 2 rings (SSSR count). The first-order chi connectivity index (χ1) is 10.0. The van der Waals surface area contributed by atoms with Crippen LogP contribution >= 0.6 is 0 Å². The molecule has 0 aliphatic rings. The fourth-order valence-electron chi connectivity index (χ4n) is 2.32. The molecule has 2 N–H and O–H groups in total. The number of hydrogen-bond donors (Lipinski definition) is 2. The minimum atomic E-state index is -0.0534. The van der Waals surface area contributed by atoms with Crippen LogP contribution in [0.5, 0.6) is 0 Å². The van der Waals surface area contributed by atoms with Crippen LogP contribution < -0.4 is 10.6 Å². The summed E-state index contributed by atoms with van der Waals surface area (Å²) in [6, 6.07) is 12.2. The summed E-state index contributed by atoms with van der Waals surface area (Å²) in [5.41, 5.74) is 6.52. The van der Waals surface area contributed by atoms with Crippen molar-refractivity contribution in [2.45, 2.75) is 27.3 Å². The summed E-state index contributed by atoms with van der Waals surface area (Å²) in [6.45, 7) is 6.95. The van der Waals surface area contributed by atoms with Crippen LogP contribution in [0.1, 0.15) is 32.6 Å². The van der Waals surface area contributed by atoms with Gasteiger partial charge in [0, 0.05) is 24.8 Å². The van der Waals surface area contributed by atoms with Crippen LogP contribution in [0.25, 0.3) is 0 Å². The maximum atomic E-state index is 11.8. The molecule has 0 aromatic heterocycles. The van der Waals surface area contributed by atoms with Gasteiger partial charge in [0.2, 0.25) is 0 Å². The Labute approximate surface area is 126 Å². The molecule has 0 aliphatic heterocycles. The second-order valence-electron chi connectivity index (χ2n) is 5.33. The lowest BCUT2D eigenvalue weighted by atomic mass is 10.0. The molecule has 3 nitrogen and oxygen atoms in total. The standard InChI is InChI=1S/C18H22N2O/c1-12-8-9-15(10-13(12)2)11-20-17-7-5-6-16(14(17)3)18(21)19-4/h5-10,20H,11H2,1-4H3,(H,19,21). The number of amides is 1. The molecule has 21 heavy (non-hydrogen) atoms. The predicted molar refractivity (Wildman–Crippen MR) is 87.8 cm³/mol. The minimum absolute atomic E-state index is 0.0534. The van der Waals surface area contributed by atoms with Crippen LogP contribution in [0.2, 0.25) is 0 Å². The normalized spacial score (nSPS) is 10.3. The highest BCUT2D eigenvalue weighted by molar-refractivity contribution is 5.96. The average Bonchev–Trinajstić information content (AvgIpc) is 2.49. The van der Waals surface area contributed by atoms with Gasteiger partial charge in [0.05, 0.1) is 0 Å².